The maximum absolute atomic E-state index is 10.7. The number of hydrogen-bond donors (Lipinski definition) is 1. The lowest BCUT2D eigenvalue weighted by Crippen LogP contribution is -2.17. The van der Waals surface area contributed by atoms with Crippen molar-refractivity contribution < 1.29 is 17.4 Å². The summed E-state index contributed by atoms with van der Waals surface area (Å²) >= 11 is 0. The monoisotopic (exact) mass is 232 g/mol. The van der Waals surface area contributed by atoms with Crippen molar-refractivity contribution in [1.82, 2.24) is 0 Å². The van der Waals surface area contributed by atoms with Gasteiger partial charge < -0.3 is 4.43 Å². The van der Waals surface area contributed by atoms with Crippen molar-refractivity contribution in [2.45, 2.75) is 11.8 Å². The molecule has 0 aliphatic carbocycles. The van der Waals surface area contributed by atoms with Gasteiger partial charge in [0.2, 0.25) is 0 Å². The van der Waals surface area contributed by atoms with Crippen LogP contribution in [0.3, 0.4) is 0 Å². The molecule has 0 aromatic heterocycles. The first-order chi connectivity index (χ1) is 6.54. The SMILES string of the molecule is CCO[SiH2]c1ccc(S(=O)(=O)O)cc1. The van der Waals surface area contributed by atoms with E-state index >= 15 is 0 Å². The molecule has 14 heavy (non-hydrogen) atoms. The molecule has 6 heteroatoms. The van der Waals surface area contributed by atoms with Crippen molar-refractivity contribution >= 4 is 25.1 Å². The first kappa shape index (κ1) is 11.4. The van der Waals surface area contributed by atoms with E-state index in [9.17, 15) is 8.42 Å². The highest BCUT2D eigenvalue weighted by molar-refractivity contribution is 7.85. The zero-order valence-corrected chi connectivity index (χ0v) is 10.0. The molecule has 0 unspecified atom stereocenters. The smallest absolute Gasteiger partial charge is 0.294 e. The first-order valence-corrected chi connectivity index (χ1v) is 6.90. The molecule has 0 saturated heterocycles. The molecule has 0 spiro atoms. The Kier molecular flexibility index (Phi) is 3.82. The van der Waals surface area contributed by atoms with Gasteiger partial charge in [-0.1, -0.05) is 12.1 Å². The van der Waals surface area contributed by atoms with Crippen LogP contribution in [-0.4, -0.2) is 29.3 Å². The molecule has 0 radical (unpaired) electrons. The van der Waals surface area contributed by atoms with Gasteiger partial charge in [-0.2, -0.15) is 8.42 Å². The fraction of sp³-hybridized carbons (Fsp3) is 0.250. The van der Waals surface area contributed by atoms with Crippen LogP contribution in [0, 0.1) is 0 Å². The Balaban J connectivity index is 2.79. The third-order valence-electron chi connectivity index (χ3n) is 1.69. The van der Waals surface area contributed by atoms with Crippen molar-refractivity contribution in [1.29, 1.82) is 0 Å². The Labute approximate surface area is 85.6 Å². The average Bonchev–Trinajstić information content (AvgIpc) is 2.14. The second-order valence-electron chi connectivity index (χ2n) is 2.76. The molecule has 0 atom stereocenters. The highest BCUT2D eigenvalue weighted by Gasteiger charge is 2.08. The number of rotatable bonds is 4. The molecule has 1 rings (SSSR count). The van der Waals surface area contributed by atoms with Crippen LogP contribution >= 0.6 is 0 Å². The van der Waals surface area contributed by atoms with Crippen LogP contribution in [-0.2, 0) is 14.5 Å². The van der Waals surface area contributed by atoms with Crippen LogP contribution < -0.4 is 5.19 Å². The predicted molar refractivity (Wildman–Crippen MR) is 56.1 cm³/mol. The van der Waals surface area contributed by atoms with E-state index in [-0.39, 0.29) is 4.90 Å². The van der Waals surface area contributed by atoms with Crippen LogP contribution in [0.1, 0.15) is 6.92 Å². The highest BCUT2D eigenvalue weighted by Crippen LogP contribution is 2.04. The van der Waals surface area contributed by atoms with Gasteiger partial charge in [0.25, 0.3) is 10.1 Å². The minimum absolute atomic E-state index is 0.0771. The molecule has 0 saturated carbocycles. The van der Waals surface area contributed by atoms with Crippen molar-refractivity contribution in [3.63, 3.8) is 0 Å². The van der Waals surface area contributed by atoms with Crippen LogP contribution in [0.5, 0.6) is 0 Å². The van der Waals surface area contributed by atoms with Gasteiger partial charge in [0.15, 0.2) is 9.76 Å². The second kappa shape index (κ2) is 4.69. The fourth-order valence-corrected chi connectivity index (χ4v) is 2.33. The third-order valence-corrected chi connectivity index (χ3v) is 3.98. The number of hydrogen-bond acceptors (Lipinski definition) is 3. The van der Waals surface area contributed by atoms with Gasteiger partial charge in [-0.25, -0.2) is 0 Å². The Morgan fingerprint density at radius 1 is 1.36 bits per heavy atom. The molecule has 1 aromatic carbocycles. The van der Waals surface area contributed by atoms with Gasteiger partial charge in [0.05, 0.1) is 4.90 Å². The van der Waals surface area contributed by atoms with E-state index in [0.29, 0.717) is 6.61 Å². The Bertz CT molecular complexity index is 384. The lowest BCUT2D eigenvalue weighted by atomic mass is 10.4. The Morgan fingerprint density at radius 3 is 2.36 bits per heavy atom. The summed E-state index contributed by atoms with van der Waals surface area (Å²) in [7, 11) is -4.81. The summed E-state index contributed by atoms with van der Waals surface area (Å²) in [5, 5.41) is 1.01. The molecule has 78 valence electrons. The summed E-state index contributed by atoms with van der Waals surface area (Å²) in [5.74, 6) is 0. The molecule has 1 N–H and O–H groups in total. The van der Waals surface area contributed by atoms with Crippen LogP contribution in [0.15, 0.2) is 29.2 Å². The van der Waals surface area contributed by atoms with Gasteiger partial charge in [-0.15, -0.1) is 0 Å². The standard InChI is InChI=1S/C8H12O4SSi/c1-2-12-14-8-5-3-7(4-6-8)13(9,10)11/h3-6H,2,14H2,1H3,(H,9,10,11). The Hall–Kier alpha value is -0.693. The van der Waals surface area contributed by atoms with Crippen LogP contribution in [0.25, 0.3) is 0 Å². The largest absolute Gasteiger partial charge is 0.419 e. The summed E-state index contributed by atoms with van der Waals surface area (Å²) in [4.78, 5) is -0.0771. The van der Waals surface area contributed by atoms with E-state index in [1.807, 2.05) is 6.92 Å². The minimum atomic E-state index is -4.07. The third kappa shape index (κ3) is 3.22. The van der Waals surface area contributed by atoms with Gasteiger partial charge in [-0.3, -0.25) is 4.55 Å². The topological polar surface area (TPSA) is 63.6 Å². The molecule has 0 bridgehead atoms. The van der Waals surface area contributed by atoms with E-state index in [2.05, 4.69) is 0 Å². The van der Waals surface area contributed by atoms with Gasteiger partial charge >= 0.3 is 0 Å². The number of benzene rings is 1. The summed E-state index contributed by atoms with van der Waals surface area (Å²) in [6, 6.07) is 6.11. The van der Waals surface area contributed by atoms with E-state index in [4.69, 9.17) is 8.98 Å². The summed E-state index contributed by atoms with van der Waals surface area (Å²) < 4.78 is 35.4. The average molecular weight is 232 g/mol. The first-order valence-electron chi connectivity index (χ1n) is 4.18. The molecule has 0 aliphatic heterocycles. The molecular weight excluding hydrogens is 220 g/mol. The summed E-state index contributed by atoms with van der Waals surface area (Å²) in [6.45, 7) is 2.59. The second-order valence-corrected chi connectivity index (χ2v) is 5.69. The van der Waals surface area contributed by atoms with E-state index < -0.39 is 19.9 Å². The van der Waals surface area contributed by atoms with Crippen LogP contribution in [0.2, 0.25) is 0 Å². The van der Waals surface area contributed by atoms with Crippen molar-refractivity contribution in [3.05, 3.63) is 24.3 Å². The van der Waals surface area contributed by atoms with E-state index in [1.54, 1.807) is 12.1 Å². The van der Waals surface area contributed by atoms with E-state index in [0.717, 1.165) is 5.19 Å². The zero-order chi connectivity index (χ0) is 10.6. The fourth-order valence-electron chi connectivity index (χ4n) is 0.978. The van der Waals surface area contributed by atoms with Gasteiger partial charge in [0.1, 0.15) is 0 Å². The maximum Gasteiger partial charge on any atom is 0.294 e. The molecule has 1 aromatic rings. The van der Waals surface area contributed by atoms with Gasteiger partial charge in [-0.05, 0) is 24.2 Å². The zero-order valence-electron chi connectivity index (χ0n) is 7.80. The normalized spacial score (nSPS) is 12.4. The van der Waals surface area contributed by atoms with E-state index in [1.165, 1.54) is 12.1 Å². The summed E-state index contributed by atoms with van der Waals surface area (Å²) in [5.41, 5.74) is 0. The van der Waals surface area contributed by atoms with Crippen molar-refractivity contribution in [2.24, 2.45) is 0 Å². The molecule has 4 nitrogen and oxygen atoms in total. The van der Waals surface area contributed by atoms with Gasteiger partial charge in [0, 0.05) is 6.61 Å². The van der Waals surface area contributed by atoms with Crippen LogP contribution in [0.4, 0.5) is 0 Å². The van der Waals surface area contributed by atoms with Crippen molar-refractivity contribution in [2.75, 3.05) is 6.61 Å². The molecule has 0 fully saturated rings. The highest BCUT2D eigenvalue weighted by atomic mass is 32.2. The van der Waals surface area contributed by atoms with Crippen molar-refractivity contribution in [3.8, 4) is 0 Å². The molecule has 0 aliphatic rings. The lowest BCUT2D eigenvalue weighted by molar-refractivity contribution is 0.367. The molecular formula is C8H12O4SSi. The quantitative estimate of drug-likeness (QED) is 0.571. The molecule has 0 heterocycles. The molecule has 0 amide bonds. The minimum Gasteiger partial charge on any atom is -0.419 e. The Morgan fingerprint density at radius 2 is 1.93 bits per heavy atom. The lowest BCUT2D eigenvalue weighted by Gasteiger charge is -2.01. The maximum atomic E-state index is 10.7. The summed E-state index contributed by atoms with van der Waals surface area (Å²) in [6.07, 6.45) is 0. The predicted octanol–water partition coefficient (Wildman–Crippen LogP) is -0.321.